The van der Waals surface area contributed by atoms with Gasteiger partial charge in [-0.1, -0.05) is 97.5 Å². The number of hydrogen-bond acceptors (Lipinski definition) is 0. The van der Waals surface area contributed by atoms with Gasteiger partial charge in [0, 0.05) is 5.56 Å². The van der Waals surface area contributed by atoms with E-state index in [1.165, 1.54) is 51.6 Å². The van der Waals surface area contributed by atoms with E-state index in [9.17, 15) is 0 Å². The molecular formula is C40H35F. The molecule has 5 aromatic rings. The van der Waals surface area contributed by atoms with Crippen LogP contribution in [0.1, 0.15) is 70.7 Å². The maximum Gasteiger partial charge on any atom is 0.139 e. The Bertz CT molecular complexity index is 1820. The Morgan fingerprint density at radius 1 is 0.707 bits per heavy atom. The SMILES string of the molecule is CCCCc1ccc(C2=Cc3ccc(C#Cc4c(C)cc(-c5ccc6cc(C)ccc6c5)cc4F)cc3CC2)cc1. The zero-order chi connectivity index (χ0) is 28.3. The van der Waals surface area contributed by atoms with Gasteiger partial charge in [-0.05, 0) is 125 Å². The number of halogens is 1. The van der Waals surface area contributed by atoms with Crippen LogP contribution in [0.25, 0.3) is 33.5 Å². The van der Waals surface area contributed by atoms with Crippen molar-refractivity contribution in [2.75, 3.05) is 0 Å². The van der Waals surface area contributed by atoms with Crippen LogP contribution < -0.4 is 0 Å². The third kappa shape index (κ3) is 5.89. The van der Waals surface area contributed by atoms with Crippen molar-refractivity contribution in [3.8, 4) is 23.0 Å². The molecule has 41 heavy (non-hydrogen) atoms. The van der Waals surface area contributed by atoms with E-state index in [1.54, 1.807) is 6.07 Å². The van der Waals surface area contributed by atoms with Gasteiger partial charge in [0.2, 0.25) is 0 Å². The molecule has 0 nitrogen and oxygen atoms in total. The Morgan fingerprint density at radius 3 is 2.29 bits per heavy atom. The van der Waals surface area contributed by atoms with Gasteiger partial charge in [-0.3, -0.25) is 0 Å². The lowest BCUT2D eigenvalue weighted by atomic mass is 9.87. The summed E-state index contributed by atoms with van der Waals surface area (Å²) in [6, 6.07) is 31.8. The van der Waals surface area contributed by atoms with Crippen LogP contribution in [0.4, 0.5) is 4.39 Å². The summed E-state index contributed by atoms with van der Waals surface area (Å²) in [6.45, 7) is 6.27. The molecule has 0 unspecified atom stereocenters. The molecule has 0 heterocycles. The third-order valence-corrected chi connectivity index (χ3v) is 8.23. The molecule has 0 aromatic heterocycles. The summed E-state index contributed by atoms with van der Waals surface area (Å²) in [5.41, 5.74) is 12.0. The molecule has 0 atom stereocenters. The summed E-state index contributed by atoms with van der Waals surface area (Å²) in [5, 5.41) is 2.35. The molecule has 0 N–H and O–H groups in total. The van der Waals surface area contributed by atoms with Gasteiger partial charge in [-0.25, -0.2) is 4.39 Å². The van der Waals surface area contributed by atoms with E-state index in [4.69, 9.17) is 0 Å². The summed E-state index contributed by atoms with van der Waals surface area (Å²) in [6.07, 6.45) is 7.93. The van der Waals surface area contributed by atoms with Crippen molar-refractivity contribution in [1.29, 1.82) is 0 Å². The Hall–Kier alpha value is -4.41. The van der Waals surface area contributed by atoms with Crippen molar-refractivity contribution in [2.45, 2.75) is 52.9 Å². The van der Waals surface area contributed by atoms with Gasteiger partial charge >= 0.3 is 0 Å². The fourth-order valence-electron chi connectivity index (χ4n) is 5.81. The molecule has 0 aliphatic heterocycles. The molecule has 202 valence electrons. The second kappa shape index (κ2) is 11.6. The number of rotatable bonds is 5. The minimum Gasteiger partial charge on any atom is -0.206 e. The highest BCUT2D eigenvalue weighted by molar-refractivity contribution is 5.88. The summed E-state index contributed by atoms with van der Waals surface area (Å²) >= 11 is 0. The van der Waals surface area contributed by atoms with Gasteiger partial charge in [0.1, 0.15) is 5.82 Å². The van der Waals surface area contributed by atoms with E-state index < -0.39 is 0 Å². The first-order valence-corrected chi connectivity index (χ1v) is 14.7. The number of aryl methyl sites for hydroxylation is 4. The van der Waals surface area contributed by atoms with E-state index >= 15 is 4.39 Å². The summed E-state index contributed by atoms with van der Waals surface area (Å²) < 4.78 is 15.3. The largest absolute Gasteiger partial charge is 0.206 e. The quantitative estimate of drug-likeness (QED) is 0.197. The van der Waals surface area contributed by atoms with Crippen molar-refractivity contribution in [3.63, 3.8) is 0 Å². The smallest absolute Gasteiger partial charge is 0.139 e. The van der Waals surface area contributed by atoms with E-state index in [0.717, 1.165) is 46.9 Å². The van der Waals surface area contributed by atoms with Gasteiger partial charge in [0.05, 0.1) is 5.56 Å². The van der Waals surface area contributed by atoms with Gasteiger partial charge in [-0.15, -0.1) is 0 Å². The average molecular weight is 535 g/mol. The molecule has 0 radical (unpaired) electrons. The first-order chi connectivity index (χ1) is 20.0. The Morgan fingerprint density at radius 2 is 1.49 bits per heavy atom. The van der Waals surface area contributed by atoms with Gasteiger partial charge < -0.3 is 0 Å². The highest BCUT2D eigenvalue weighted by atomic mass is 19.1. The van der Waals surface area contributed by atoms with E-state index in [-0.39, 0.29) is 5.82 Å². The molecule has 6 rings (SSSR count). The van der Waals surface area contributed by atoms with Crippen molar-refractivity contribution in [1.82, 2.24) is 0 Å². The predicted molar refractivity (Wildman–Crippen MR) is 172 cm³/mol. The molecule has 5 aromatic carbocycles. The maximum atomic E-state index is 15.3. The molecule has 0 bridgehead atoms. The van der Waals surface area contributed by atoms with Crippen LogP contribution in [-0.4, -0.2) is 0 Å². The van der Waals surface area contributed by atoms with Crippen molar-refractivity contribution in [2.24, 2.45) is 0 Å². The van der Waals surface area contributed by atoms with Crippen molar-refractivity contribution >= 4 is 22.4 Å². The van der Waals surface area contributed by atoms with Crippen molar-refractivity contribution in [3.05, 3.63) is 141 Å². The number of benzene rings is 5. The molecule has 1 heteroatoms. The van der Waals surface area contributed by atoms with Crippen LogP contribution in [0, 0.1) is 31.5 Å². The van der Waals surface area contributed by atoms with Crippen LogP contribution in [0.15, 0.2) is 91.0 Å². The van der Waals surface area contributed by atoms with Crippen molar-refractivity contribution < 1.29 is 4.39 Å². The molecular weight excluding hydrogens is 499 g/mol. The summed E-state index contributed by atoms with van der Waals surface area (Å²) in [7, 11) is 0. The minimum absolute atomic E-state index is 0.275. The van der Waals surface area contributed by atoms with E-state index in [2.05, 4.69) is 111 Å². The first kappa shape index (κ1) is 26.8. The topological polar surface area (TPSA) is 0 Å². The Labute approximate surface area is 243 Å². The van der Waals surface area contributed by atoms with Crippen LogP contribution in [0.2, 0.25) is 0 Å². The molecule has 1 aliphatic rings. The number of unbranched alkanes of at least 4 members (excludes halogenated alkanes) is 1. The van der Waals surface area contributed by atoms with Gasteiger partial charge in [0.15, 0.2) is 0 Å². The van der Waals surface area contributed by atoms with Crippen LogP contribution in [-0.2, 0) is 12.8 Å². The fourth-order valence-corrected chi connectivity index (χ4v) is 5.81. The lowest BCUT2D eigenvalue weighted by Crippen LogP contribution is -2.00. The maximum absolute atomic E-state index is 15.3. The fraction of sp³-hybridized carbons (Fsp3) is 0.200. The average Bonchev–Trinajstić information content (AvgIpc) is 2.99. The lowest BCUT2D eigenvalue weighted by molar-refractivity contribution is 0.623. The first-order valence-electron chi connectivity index (χ1n) is 14.7. The number of fused-ring (bicyclic) bond motifs is 2. The highest BCUT2D eigenvalue weighted by Gasteiger charge is 2.13. The van der Waals surface area contributed by atoms with Crippen LogP contribution in [0.5, 0.6) is 0 Å². The summed E-state index contributed by atoms with van der Waals surface area (Å²) in [5.74, 6) is 6.09. The normalized spacial score (nSPS) is 12.4. The van der Waals surface area contributed by atoms with Crippen LogP contribution >= 0.6 is 0 Å². The molecule has 1 aliphatic carbocycles. The second-order valence-corrected chi connectivity index (χ2v) is 11.3. The van der Waals surface area contributed by atoms with Gasteiger partial charge in [-0.2, -0.15) is 0 Å². The third-order valence-electron chi connectivity index (χ3n) is 8.23. The van der Waals surface area contributed by atoms with Gasteiger partial charge in [0.25, 0.3) is 0 Å². The molecule has 0 saturated heterocycles. The van der Waals surface area contributed by atoms with E-state index in [1.807, 2.05) is 13.0 Å². The minimum atomic E-state index is -0.275. The van der Waals surface area contributed by atoms with Crippen LogP contribution in [0.3, 0.4) is 0 Å². The van der Waals surface area contributed by atoms with E-state index in [0.29, 0.717) is 5.56 Å². The Balaban J connectivity index is 1.22. The monoisotopic (exact) mass is 534 g/mol. The molecule has 0 amide bonds. The molecule has 0 fully saturated rings. The summed E-state index contributed by atoms with van der Waals surface area (Å²) in [4.78, 5) is 0. The lowest BCUT2D eigenvalue weighted by Gasteiger charge is -2.17. The molecule has 0 spiro atoms. The zero-order valence-corrected chi connectivity index (χ0v) is 24.2. The highest BCUT2D eigenvalue weighted by Crippen LogP contribution is 2.32. The Kier molecular flexibility index (Phi) is 7.58. The zero-order valence-electron chi connectivity index (χ0n) is 24.2. The second-order valence-electron chi connectivity index (χ2n) is 11.3. The predicted octanol–water partition coefficient (Wildman–Crippen LogP) is 10.5. The number of hydrogen-bond donors (Lipinski definition) is 0. The standard InChI is InChI=1S/C40H35F/c1-4-5-6-29-8-13-31(14-9-29)34-18-17-33-23-30(10-15-36(33)24-34)11-20-39-28(3)22-38(26-40(39)41)37-19-16-32-21-27(2)7-12-35(32)25-37/h7-10,12-16,19,21-26H,4-6,17-18H2,1-3H3. The molecule has 0 saturated carbocycles. The number of allylic oxidation sites excluding steroid dienone is 1.